The fourth-order valence-electron chi connectivity index (χ4n) is 1.38. The second kappa shape index (κ2) is 4.89. The van der Waals surface area contributed by atoms with Crippen LogP contribution in [0, 0.1) is 5.41 Å². The fraction of sp³-hybridized carbons (Fsp3) is 0.900. The summed E-state index contributed by atoms with van der Waals surface area (Å²) in [7, 11) is 0. The predicted octanol–water partition coefficient (Wildman–Crippen LogP) is 2.00. The van der Waals surface area contributed by atoms with Crippen LogP contribution in [0.2, 0.25) is 0 Å². The van der Waals surface area contributed by atoms with Crippen LogP contribution in [-0.4, -0.2) is 18.2 Å². The summed E-state index contributed by atoms with van der Waals surface area (Å²) in [6.07, 6.45) is 5.26. The summed E-state index contributed by atoms with van der Waals surface area (Å²) in [5.41, 5.74) is 0.263. The van der Waals surface area contributed by atoms with Crippen molar-refractivity contribution in [1.82, 2.24) is 5.32 Å². The monoisotopic (exact) mass is 201 g/mol. The Balaban J connectivity index is 2.11. The maximum atomic E-state index is 11.4. The van der Waals surface area contributed by atoms with E-state index in [0.717, 1.165) is 25.1 Å². The number of carbonyl (C=O) groups excluding carboxylic acids is 1. The Bertz CT molecular complexity index is 178. The third-order valence-corrected chi connectivity index (χ3v) is 3.35. The molecule has 0 aromatic carbocycles. The van der Waals surface area contributed by atoms with Crippen molar-refractivity contribution >= 4 is 18.5 Å². The van der Waals surface area contributed by atoms with Gasteiger partial charge in [0.1, 0.15) is 0 Å². The number of unbranched alkanes of at least 4 members (excludes halogenated alkanes) is 1. The average Bonchev–Trinajstić information content (AvgIpc) is 2.86. The van der Waals surface area contributed by atoms with Crippen LogP contribution in [0.1, 0.15) is 39.0 Å². The van der Waals surface area contributed by atoms with Gasteiger partial charge < -0.3 is 5.32 Å². The average molecular weight is 201 g/mol. The minimum absolute atomic E-state index is 0.208. The Kier molecular flexibility index (Phi) is 4.10. The molecule has 0 aliphatic heterocycles. The van der Waals surface area contributed by atoms with Crippen LogP contribution in [0.5, 0.6) is 0 Å². The molecular formula is C10H19NOS. The van der Waals surface area contributed by atoms with Crippen molar-refractivity contribution in [1.29, 1.82) is 0 Å². The van der Waals surface area contributed by atoms with E-state index in [2.05, 4.69) is 24.9 Å². The van der Waals surface area contributed by atoms with Gasteiger partial charge in [0.15, 0.2) is 0 Å². The molecule has 2 nitrogen and oxygen atoms in total. The first kappa shape index (κ1) is 10.9. The molecule has 0 atom stereocenters. The number of hydrogen-bond donors (Lipinski definition) is 2. The van der Waals surface area contributed by atoms with Crippen molar-refractivity contribution in [2.45, 2.75) is 39.0 Å². The van der Waals surface area contributed by atoms with Gasteiger partial charge in [-0.3, -0.25) is 4.79 Å². The van der Waals surface area contributed by atoms with Gasteiger partial charge in [0, 0.05) is 13.0 Å². The molecule has 0 aromatic heterocycles. The summed E-state index contributed by atoms with van der Waals surface area (Å²) in [4.78, 5) is 11.4. The molecule has 0 unspecified atom stereocenters. The van der Waals surface area contributed by atoms with Gasteiger partial charge in [0.05, 0.1) is 0 Å². The Hall–Kier alpha value is -0.180. The third kappa shape index (κ3) is 3.59. The van der Waals surface area contributed by atoms with E-state index >= 15 is 0 Å². The second-order valence-electron chi connectivity index (χ2n) is 4.04. The number of hydrogen-bond acceptors (Lipinski definition) is 2. The molecular weight excluding hydrogens is 182 g/mol. The number of amides is 1. The van der Waals surface area contributed by atoms with Crippen molar-refractivity contribution < 1.29 is 4.79 Å². The molecule has 1 aliphatic carbocycles. The minimum atomic E-state index is 0.208. The van der Waals surface area contributed by atoms with Crippen LogP contribution < -0.4 is 5.32 Å². The maximum absolute atomic E-state index is 11.4. The molecule has 0 aromatic rings. The van der Waals surface area contributed by atoms with Crippen molar-refractivity contribution in [3.8, 4) is 0 Å². The van der Waals surface area contributed by atoms with Crippen LogP contribution in [0.4, 0.5) is 0 Å². The van der Waals surface area contributed by atoms with Crippen molar-refractivity contribution in [2.75, 3.05) is 12.3 Å². The van der Waals surface area contributed by atoms with Gasteiger partial charge >= 0.3 is 0 Å². The SMILES string of the molecule is CCCCNC(=O)CC1(CS)CC1. The quantitative estimate of drug-likeness (QED) is 0.499. The van der Waals surface area contributed by atoms with Crippen LogP contribution >= 0.6 is 12.6 Å². The van der Waals surface area contributed by atoms with Gasteiger partial charge in [-0.2, -0.15) is 12.6 Å². The molecule has 0 bridgehead atoms. The highest BCUT2D eigenvalue weighted by Gasteiger charge is 2.42. The van der Waals surface area contributed by atoms with Crippen LogP contribution in [0.15, 0.2) is 0 Å². The van der Waals surface area contributed by atoms with Gasteiger partial charge in [-0.25, -0.2) is 0 Å². The number of thiol groups is 1. The lowest BCUT2D eigenvalue weighted by molar-refractivity contribution is -0.122. The molecule has 0 radical (unpaired) electrons. The molecule has 1 fully saturated rings. The molecule has 3 heteroatoms. The summed E-state index contributed by atoms with van der Waals surface area (Å²) in [5, 5.41) is 2.94. The molecule has 1 amide bonds. The van der Waals surface area contributed by atoms with E-state index in [-0.39, 0.29) is 11.3 Å². The van der Waals surface area contributed by atoms with E-state index in [1.54, 1.807) is 0 Å². The highest BCUT2D eigenvalue weighted by Crippen LogP contribution is 2.49. The smallest absolute Gasteiger partial charge is 0.220 e. The first-order valence-electron chi connectivity index (χ1n) is 5.10. The minimum Gasteiger partial charge on any atom is -0.356 e. The molecule has 1 saturated carbocycles. The predicted molar refractivity (Wildman–Crippen MR) is 58.1 cm³/mol. The lowest BCUT2D eigenvalue weighted by atomic mass is 10.1. The molecule has 1 aliphatic rings. The van der Waals surface area contributed by atoms with Crippen LogP contribution in [0.25, 0.3) is 0 Å². The summed E-state index contributed by atoms with van der Waals surface area (Å²) in [6, 6.07) is 0. The largest absolute Gasteiger partial charge is 0.356 e. The first-order valence-corrected chi connectivity index (χ1v) is 5.73. The molecule has 1 N–H and O–H groups in total. The van der Waals surface area contributed by atoms with Crippen LogP contribution in [-0.2, 0) is 4.79 Å². The number of nitrogens with one attached hydrogen (secondary N) is 1. The standard InChI is InChI=1S/C10H19NOS/c1-2-3-6-11-9(12)7-10(8-13)4-5-10/h13H,2-8H2,1H3,(H,11,12). The van der Waals surface area contributed by atoms with Gasteiger partial charge in [-0.05, 0) is 30.4 Å². The highest BCUT2D eigenvalue weighted by molar-refractivity contribution is 7.80. The molecule has 13 heavy (non-hydrogen) atoms. The van der Waals surface area contributed by atoms with Crippen molar-refractivity contribution in [2.24, 2.45) is 5.41 Å². The zero-order valence-corrected chi connectivity index (χ0v) is 9.20. The van der Waals surface area contributed by atoms with E-state index in [4.69, 9.17) is 0 Å². The topological polar surface area (TPSA) is 29.1 Å². The Labute approximate surface area is 85.9 Å². The Morgan fingerprint density at radius 2 is 2.23 bits per heavy atom. The second-order valence-corrected chi connectivity index (χ2v) is 4.35. The maximum Gasteiger partial charge on any atom is 0.220 e. The molecule has 0 saturated heterocycles. The molecule has 76 valence electrons. The third-order valence-electron chi connectivity index (χ3n) is 2.68. The highest BCUT2D eigenvalue weighted by atomic mass is 32.1. The lowest BCUT2D eigenvalue weighted by Crippen LogP contribution is -2.27. The van der Waals surface area contributed by atoms with Gasteiger partial charge in [0.2, 0.25) is 5.91 Å². The summed E-state index contributed by atoms with van der Waals surface area (Å²) < 4.78 is 0. The fourth-order valence-corrected chi connectivity index (χ4v) is 1.80. The van der Waals surface area contributed by atoms with Gasteiger partial charge in [-0.15, -0.1) is 0 Å². The van der Waals surface area contributed by atoms with E-state index < -0.39 is 0 Å². The van der Waals surface area contributed by atoms with E-state index in [1.165, 1.54) is 12.8 Å². The van der Waals surface area contributed by atoms with Crippen LogP contribution in [0.3, 0.4) is 0 Å². The summed E-state index contributed by atoms with van der Waals surface area (Å²) in [6.45, 7) is 2.96. The summed E-state index contributed by atoms with van der Waals surface area (Å²) >= 11 is 4.27. The van der Waals surface area contributed by atoms with Crippen molar-refractivity contribution in [3.05, 3.63) is 0 Å². The van der Waals surface area contributed by atoms with Gasteiger partial charge in [-0.1, -0.05) is 13.3 Å². The first-order chi connectivity index (χ1) is 6.22. The van der Waals surface area contributed by atoms with E-state index in [9.17, 15) is 4.79 Å². The van der Waals surface area contributed by atoms with Crippen molar-refractivity contribution in [3.63, 3.8) is 0 Å². The zero-order valence-electron chi connectivity index (χ0n) is 8.31. The lowest BCUT2D eigenvalue weighted by Gasteiger charge is -2.11. The Morgan fingerprint density at radius 1 is 1.54 bits per heavy atom. The Morgan fingerprint density at radius 3 is 2.69 bits per heavy atom. The normalized spacial score (nSPS) is 18.3. The molecule has 1 rings (SSSR count). The zero-order chi connectivity index (χ0) is 9.73. The van der Waals surface area contributed by atoms with E-state index in [0.29, 0.717) is 6.42 Å². The molecule has 0 heterocycles. The van der Waals surface area contributed by atoms with E-state index in [1.807, 2.05) is 0 Å². The summed E-state index contributed by atoms with van der Waals surface area (Å²) in [5.74, 6) is 1.06. The molecule has 0 spiro atoms. The van der Waals surface area contributed by atoms with Gasteiger partial charge in [0.25, 0.3) is 0 Å². The number of carbonyl (C=O) groups is 1. The number of rotatable bonds is 6.